The normalized spacial score (nSPS) is 16.4. The molecule has 2 N–H and O–H groups in total. The number of sulfonamides is 1. The molecule has 1 aromatic rings. The first kappa shape index (κ1) is 14.0. The van der Waals surface area contributed by atoms with Gasteiger partial charge in [-0.3, -0.25) is 0 Å². The molecule has 0 amide bonds. The maximum atomic E-state index is 11.9. The van der Waals surface area contributed by atoms with Crippen LogP contribution in [0.15, 0.2) is 15.7 Å². The highest BCUT2D eigenvalue weighted by Gasteiger charge is 2.26. The second-order valence-electron chi connectivity index (χ2n) is 4.54. The smallest absolute Gasteiger partial charge is 0.250 e. The Morgan fingerprint density at radius 2 is 2.28 bits per heavy atom. The van der Waals surface area contributed by atoms with E-state index in [0.29, 0.717) is 18.2 Å². The fourth-order valence-electron chi connectivity index (χ4n) is 1.70. The van der Waals surface area contributed by atoms with Crippen LogP contribution in [0, 0.1) is 0 Å². The Morgan fingerprint density at radius 3 is 2.83 bits per heavy atom. The summed E-state index contributed by atoms with van der Waals surface area (Å²) in [5, 5.41) is 10.6. The topological polar surface area (TPSA) is 69.6 Å². The maximum Gasteiger partial charge on any atom is 0.250 e. The number of hydrogen-bond acceptors (Lipinski definition) is 5. The van der Waals surface area contributed by atoms with Crippen molar-refractivity contribution in [2.75, 3.05) is 20.1 Å². The molecule has 1 aliphatic rings. The fourth-order valence-corrected chi connectivity index (χ4v) is 3.97. The zero-order chi connectivity index (χ0) is 13.2. The largest absolute Gasteiger partial charge is 0.392 e. The van der Waals surface area contributed by atoms with Gasteiger partial charge in [0.2, 0.25) is 10.0 Å². The molecule has 2 rings (SSSR count). The highest BCUT2D eigenvalue weighted by Crippen LogP contribution is 2.24. The van der Waals surface area contributed by atoms with Crippen molar-refractivity contribution < 1.29 is 13.5 Å². The monoisotopic (exact) mass is 290 g/mol. The molecule has 18 heavy (non-hydrogen) atoms. The zero-order valence-electron chi connectivity index (χ0n) is 10.3. The van der Waals surface area contributed by atoms with E-state index in [0.717, 1.165) is 17.9 Å². The van der Waals surface area contributed by atoms with Crippen LogP contribution in [0.3, 0.4) is 0 Å². The molecule has 0 aromatic carbocycles. The molecule has 0 atom stereocenters. The van der Waals surface area contributed by atoms with Gasteiger partial charge >= 0.3 is 0 Å². The van der Waals surface area contributed by atoms with Gasteiger partial charge in [-0.15, -0.1) is 11.3 Å². The van der Waals surface area contributed by atoms with E-state index < -0.39 is 10.0 Å². The van der Waals surface area contributed by atoms with Crippen LogP contribution in [0.5, 0.6) is 0 Å². The fraction of sp³-hybridized carbons (Fsp3) is 0.636. The Kier molecular flexibility index (Phi) is 4.39. The van der Waals surface area contributed by atoms with Gasteiger partial charge in [0.1, 0.15) is 4.21 Å². The van der Waals surface area contributed by atoms with Crippen LogP contribution >= 0.6 is 11.3 Å². The van der Waals surface area contributed by atoms with E-state index in [2.05, 4.69) is 9.62 Å². The first-order valence-corrected chi connectivity index (χ1v) is 8.27. The minimum absolute atomic E-state index is 0.129. The first-order valence-electron chi connectivity index (χ1n) is 5.91. The summed E-state index contributed by atoms with van der Waals surface area (Å²) in [6.45, 7) is 1.01. The molecule has 0 bridgehead atoms. The van der Waals surface area contributed by atoms with E-state index in [4.69, 9.17) is 5.11 Å². The summed E-state index contributed by atoms with van der Waals surface area (Å²) in [6.07, 6.45) is 2.43. The second-order valence-corrected chi connectivity index (χ2v) is 7.45. The average Bonchev–Trinajstić information content (AvgIpc) is 3.06. The van der Waals surface area contributed by atoms with Crippen LogP contribution in [-0.4, -0.2) is 44.6 Å². The van der Waals surface area contributed by atoms with Crippen molar-refractivity contribution in [1.82, 2.24) is 9.62 Å². The molecular weight excluding hydrogens is 272 g/mol. The van der Waals surface area contributed by atoms with Crippen LogP contribution in [-0.2, 0) is 16.6 Å². The molecule has 1 aromatic heterocycles. The van der Waals surface area contributed by atoms with Crippen molar-refractivity contribution in [3.8, 4) is 0 Å². The highest BCUT2D eigenvalue weighted by molar-refractivity contribution is 7.91. The minimum atomic E-state index is -3.42. The number of hydrogen-bond donors (Lipinski definition) is 2. The van der Waals surface area contributed by atoms with E-state index in [1.807, 2.05) is 7.05 Å². The third kappa shape index (κ3) is 3.52. The molecule has 1 saturated carbocycles. The lowest BCUT2D eigenvalue weighted by Gasteiger charge is -2.15. The molecule has 102 valence electrons. The molecule has 0 radical (unpaired) electrons. The molecule has 0 spiro atoms. The quantitative estimate of drug-likeness (QED) is 0.772. The summed E-state index contributed by atoms with van der Waals surface area (Å²) < 4.78 is 26.7. The third-order valence-electron chi connectivity index (χ3n) is 3.00. The number of aliphatic hydroxyl groups excluding tert-OH is 1. The van der Waals surface area contributed by atoms with E-state index in [1.165, 1.54) is 18.9 Å². The van der Waals surface area contributed by atoms with Crippen LogP contribution in [0.1, 0.15) is 18.4 Å². The van der Waals surface area contributed by atoms with Gasteiger partial charge in [0.05, 0.1) is 6.61 Å². The summed E-state index contributed by atoms with van der Waals surface area (Å²) in [5.74, 6) is 0. The van der Waals surface area contributed by atoms with Gasteiger partial charge in [-0.05, 0) is 36.9 Å². The Labute approximate surface area is 111 Å². The second kappa shape index (κ2) is 5.66. The zero-order valence-corrected chi connectivity index (χ0v) is 11.9. The SMILES string of the molecule is CN(CCNS(=O)(=O)c1cc(CO)cs1)C1CC1. The predicted octanol–water partition coefficient (Wildman–Crippen LogP) is 0.613. The Hall–Kier alpha value is -0.470. The van der Waals surface area contributed by atoms with Crippen molar-refractivity contribution in [3.63, 3.8) is 0 Å². The third-order valence-corrected chi connectivity index (χ3v) is 5.95. The molecule has 1 heterocycles. The molecule has 0 aliphatic heterocycles. The molecule has 5 nitrogen and oxygen atoms in total. The molecule has 1 aliphatic carbocycles. The van der Waals surface area contributed by atoms with Gasteiger partial charge in [0, 0.05) is 19.1 Å². The summed E-state index contributed by atoms with van der Waals surface area (Å²) >= 11 is 1.13. The number of nitrogens with zero attached hydrogens (tertiary/aromatic N) is 1. The van der Waals surface area contributed by atoms with Crippen molar-refractivity contribution >= 4 is 21.4 Å². The summed E-state index contributed by atoms with van der Waals surface area (Å²) in [5.41, 5.74) is 0.635. The van der Waals surface area contributed by atoms with Gasteiger partial charge in [0.15, 0.2) is 0 Å². The van der Waals surface area contributed by atoms with Gasteiger partial charge in [-0.2, -0.15) is 0 Å². The molecule has 7 heteroatoms. The highest BCUT2D eigenvalue weighted by atomic mass is 32.2. The summed E-state index contributed by atoms with van der Waals surface area (Å²) in [4.78, 5) is 2.18. The van der Waals surface area contributed by atoms with Crippen LogP contribution in [0.4, 0.5) is 0 Å². The lowest BCUT2D eigenvalue weighted by atomic mass is 10.4. The van der Waals surface area contributed by atoms with E-state index in [9.17, 15) is 8.42 Å². The number of likely N-dealkylation sites (N-methyl/N-ethyl adjacent to an activating group) is 1. The number of nitrogens with one attached hydrogen (secondary N) is 1. The van der Waals surface area contributed by atoms with Crippen LogP contribution in [0.2, 0.25) is 0 Å². The lowest BCUT2D eigenvalue weighted by molar-refractivity contribution is 0.282. The maximum absolute atomic E-state index is 11.9. The Balaban J connectivity index is 1.86. The van der Waals surface area contributed by atoms with Crippen molar-refractivity contribution in [1.29, 1.82) is 0 Å². The number of thiophene rings is 1. The van der Waals surface area contributed by atoms with Crippen LogP contribution < -0.4 is 4.72 Å². The van der Waals surface area contributed by atoms with E-state index >= 15 is 0 Å². The Morgan fingerprint density at radius 1 is 1.56 bits per heavy atom. The molecular formula is C11H18N2O3S2. The van der Waals surface area contributed by atoms with Gasteiger partial charge in [0.25, 0.3) is 0 Å². The van der Waals surface area contributed by atoms with E-state index in [1.54, 1.807) is 5.38 Å². The van der Waals surface area contributed by atoms with Crippen LogP contribution in [0.25, 0.3) is 0 Å². The average molecular weight is 290 g/mol. The molecule has 0 saturated heterocycles. The molecule has 0 unspecified atom stereocenters. The predicted molar refractivity (Wildman–Crippen MR) is 71.1 cm³/mol. The summed E-state index contributed by atoms with van der Waals surface area (Å²) in [6, 6.07) is 2.15. The van der Waals surface area contributed by atoms with Gasteiger partial charge in [-0.25, -0.2) is 13.1 Å². The Bertz CT molecular complexity index is 494. The summed E-state index contributed by atoms with van der Waals surface area (Å²) in [7, 11) is -1.40. The van der Waals surface area contributed by atoms with Gasteiger partial charge in [-0.1, -0.05) is 0 Å². The van der Waals surface area contributed by atoms with Crippen molar-refractivity contribution in [2.24, 2.45) is 0 Å². The van der Waals surface area contributed by atoms with Crippen molar-refractivity contribution in [2.45, 2.75) is 29.7 Å². The van der Waals surface area contributed by atoms with Gasteiger partial charge < -0.3 is 10.0 Å². The first-order chi connectivity index (χ1) is 8.53. The van der Waals surface area contributed by atoms with Crippen molar-refractivity contribution in [3.05, 3.63) is 17.0 Å². The van der Waals surface area contributed by atoms with E-state index in [-0.39, 0.29) is 10.8 Å². The lowest BCUT2D eigenvalue weighted by Crippen LogP contribution is -2.33. The number of rotatable bonds is 7. The minimum Gasteiger partial charge on any atom is -0.392 e. The standard InChI is InChI=1S/C11H18N2O3S2/c1-13(10-2-3-10)5-4-12-18(15,16)11-6-9(7-14)8-17-11/h6,8,10,12,14H,2-5,7H2,1H3. The molecule has 1 fully saturated rings. The number of aliphatic hydroxyl groups is 1.